The smallest absolute Gasteiger partial charge is 0.308 e. The van der Waals surface area contributed by atoms with Gasteiger partial charge < -0.3 is 10.5 Å². The predicted octanol–water partition coefficient (Wildman–Crippen LogP) is 3.73. The number of nitriles is 1. The Balaban J connectivity index is 1.57. The van der Waals surface area contributed by atoms with E-state index in [0.29, 0.717) is 12.9 Å². The van der Waals surface area contributed by atoms with Crippen molar-refractivity contribution in [3.05, 3.63) is 0 Å². The lowest BCUT2D eigenvalue weighted by Gasteiger charge is -2.35. The van der Waals surface area contributed by atoms with E-state index in [9.17, 15) is 0 Å². The second-order valence-electron chi connectivity index (χ2n) is 7.10. The molecule has 2 aliphatic rings. The number of rotatable bonds is 7. The second kappa shape index (κ2) is 9.48. The van der Waals surface area contributed by atoms with E-state index >= 15 is 0 Å². The van der Waals surface area contributed by atoms with Gasteiger partial charge in [0.25, 0.3) is 0 Å². The van der Waals surface area contributed by atoms with Crippen LogP contribution in [-0.2, 0) is 0 Å². The number of nitrogens with one attached hydrogen (secondary N) is 2. The highest BCUT2D eigenvalue weighted by Crippen LogP contribution is 2.33. The molecule has 0 bridgehead atoms. The largest absolute Gasteiger partial charge is 0.342 e. The molecular weight excluding hydrogens is 257 g/mol. The molecule has 0 aromatic carbocycles. The van der Waals surface area contributed by atoms with Gasteiger partial charge in [-0.25, -0.2) is 0 Å². The van der Waals surface area contributed by atoms with Crippen molar-refractivity contribution in [2.75, 3.05) is 13.1 Å². The molecule has 1 aliphatic heterocycles. The van der Waals surface area contributed by atoms with Crippen LogP contribution in [0.1, 0.15) is 71.1 Å². The third kappa shape index (κ3) is 5.64. The van der Waals surface area contributed by atoms with Crippen LogP contribution in [0.3, 0.4) is 0 Å². The summed E-state index contributed by atoms with van der Waals surface area (Å²) in [6, 6.07) is 2.43. The van der Waals surface area contributed by atoms with E-state index in [0.717, 1.165) is 24.6 Å². The number of nitrogens with zero attached hydrogens (tertiary/aromatic N) is 1. The molecule has 0 aromatic heterocycles. The molecule has 1 saturated carbocycles. The molecule has 1 aliphatic carbocycles. The highest BCUT2D eigenvalue weighted by Gasteiger charge is 2.33. The molecule has 2 fully saturated rings. The first-order chi connectivity index (χ1) is 10.3. The van der Waals surface area contributed by atoms with E-state index < -0.39 is 0 Å². The lowest BCUT2D eigenvalue weighted by molar-refractivity contribution is 0.389. The van der Waals surface area contributed by atoms with Crippen LogP contribution in [0.15, 0.2) is 0 Å². The fourth-order valence-electron chi connectivity index (χ4n) is 3.89. The van der Waals surface area contributed by atoms with Gasteiger partial charge >= 0.3 is 6.98 Å². The lowest BCUT2D eigenvalue weighted by atomic mass is 9.54. The van der Waals surface area contributed by atoms with Gasteiger partial charge in [0.05, 0.1) is 6.07 Å². The second-order valence-corrected chi connectivity index (χ2v) is 7.10. The third-order valence-corrected chi connectivity index (χ3v) is 5.39. The Morgan fingerprint density at radius 1 is 1.00 bits per heavy atom. The molecule has 2 rings (SSSR count). The van der Waals surface area contributed by atoms with Gasteiger partial charge in [0.2, 0.25) is 0 Å². The predicted molar refractivity (Wildman–Crippen MR) is 89.9 cm³/mol. The molecule has 0 unspecified atom stereocenters. The van der Waals surface area contributed by atoms with Crippen LogP contribution in [0.4, 0.5) is 0 Å². The zero-order valence-corrected chi connectivity index (χ0v) is 13.7. The highest BCUT2D eigenvalue weighted by molar-refractivity contribution is 6.55. The van der Waals surface area contributed by atoms with Gasteiger partial charge in [0.15, 0.2) is 0 Å². The van der Waals surface area contributed by atoms with E-state index in [1.807, 2.05) is 0 Å². The monoisotopic (exact) mass is 289 g/mol. The van der Waals surface area contributed by atoms with Gasteiger partial charge in [-0.2, -0.15) is 5.26 Å². The summed E-state index contributed by atoms with van der Waals surface area (Å²) in [7, 11) is 0. The summed E-state index contributed by atoms with van der Waals surface area (Å²) >= 11 is 0. The van der Waals surface area contributed by atoms with Crippen molar-refractivity contribution in [2.24, 2.45) is 11.8 Å². The van der Waals surface area contributed by atoms with Gasteiger partial charge in [-0.1, -0.05) is 51.9 Å². The van der Waals surface area contributed by atoms with Crippen molar-refractivity contribution in [3.8, 4) is 6.07 Å². The summed E-state index contributed by atoms with van der Waals surface area (Å²) in [6.07, 6.45) is 12.9. The number of hydrogen-bond donors (Lipinski definition) is 2. The Labute approximate surface area is 131 Å². The van der Waals surface area contributed by atoms with E-state index in [-0.39, 0.29) is 0 Å². The number of unbranched alkanes of at least 4 members (excludes halogenated alkanes) is 4. The van der Waals surface area contributed by atoms with Gasteiger partial charge in [0.1, 0.15) is 0 Å². The summed E-state index contributed by atoms with van der Waals surface area (Å²) < 4.78 is 0. The summed E-state index contributed by atoms with van der Waals surface area (Å²) in [6.45, 7) is 5.15. The van der Waals surface area contributed by atoms with Crippen molar-refractivity contribution < 1.29 is 0 Å². The molecule has 1 heterocycles. The standard InChI is InChI=1S/C17H32BN3/c1-2-3-4-5-6-7-16-13-20-18(21-14-16)17-10-8-15(12-19)9-11-17/h15-17,20-21H,2-11,13-14H2,1H3. The molecule has 2 N–H and O–H groups in total. The molecule has 21 heavy (non-hydrogen) atoms. The van der Waals surface area contributed by atoms with Crippen molar-refractivity contribution in [2.45, 2.75) is 76.9 Å². The van der Waals surface area contributed by atoms with Crippen LogP contribution in [0.5, 0.6) is 0 Å². The number of hydrogen-bond acceptors (Lipinski definition) is 3. The minimum Gasteiger partial charge on any atom is -0.342 e. The highest BCUT2D eigenvalue weighted by atomic mass is 15.0. The molecule has 118 valence electrons. The van der Waals surface area contributed by atoms with Crippen LogP contribution in [0.25, 0.3) is 0 Å². The van der Waals surface area contributed by atoms with Gasteiger partial charge in [0, 0.05) is 5.92 Å². The average Bonchev–Trinajstić information content (AvgIpc) is 2.55. The zero-order chi connectivity index (χ0) is 14.9. The zero-order valence-electron chi connectivity index (χ0n) is 13.7. The van der Waals surface area contributed by atoms with Gasteiger partial charge in [-0.05, 0) is 44.1 Å². The van der Waals surface area contributed by atoms with Gasteiger partial charge in [-0.15, -0.1) is 0 Å². The maximum Gasteiger partial charge on any atom is 0.308 e. The molecule has 0 spiro atoms. The van der Waals surface area contributed by atoms with Crippen LogP contribution in [0, 0.1) is 23.2 Å². The maximum absolute atomic E-state index is 8.98. The molecule has 0 amide bonds. The topological polar surface area (TPSA) is 47.9 Å². The van der Waals surface area contributed by atoms with Crippen molar-refractivity contribution in [3.63, 3.8) is 0 Å². The molecular formula is C17H32BN3. The Bertz CT molecular complexity index is 312. The maximum atomic E-state index is 8.98. The van der Waals surface area contributed by atoms with Crippen molar-refractivity contribution in [1.29, 1.82) is 5.26 Å². The molecule has 4 heteroatoms. The Morgan fingerprint density at radius 2 is 1.67 bits per heavy atom. The van der Waals surface area contributed by atoms with Crippen LogP contribution < -0.4 is 10.5 Å². The quantitative estimate of drug-likeness (QED) is 0.554. The molecule has 0 aromatic rings. The summed E-state index contributed by atoms with van der Waals surface area (Å²) in [4.78, 5) is 0. The normalized spacial score (nSPS) is 27.5. The fourth-order valence-corrected chi connectivity index (χ4v) is 3.89. The van der Waals surface area contributed by atoms with Crippen LogP contribution in [0.2, 0.25) is 5.82 Å². The van der Waals surface area contributed by atoms with Crippen molar-refractivity contribution in [1.82, 2.24) is 10.5 Å². The molecule has 1 saturated heterocycles. The molecule has 0 radical (unpaired) electrons. The summed E-state index contributed by atoms with van der Waals surface area (Å²) in [5.74, 6) is 1.87. The fraction of sp³-hybridized carbons (Fsp3) is 0.941. The van der Waals surface area contributed by atoms with E-state index in [1.165, 1.54) is 64.5 Å². The van der Waals surface area contributed by atoms with Gasteiger partial charge in [-0.3, -0.25) is 0 Å². The van der Waals surface area contributed by atoms with Crippen molar-refractivity contribution >= 4 is 6.98 Å². The first kappa shape index (κ1) is 16.8. The first-order valence-corrected chi connectivity index (χ1v) is 9.19. The SMILES string of the molecule is CCCCCCCC1CNB(C2CCC(C#N)CC2)NC1. The van der Waals surface area contributed by atoms with E-state index in [4.69, 9.17) is 5.26 Å². The first-order valence-electron chi connectivity index (χ1n) is 9.19. The minimum absolute atomic E-state index is 0.320. The summed E-state index contributed by atoms with van der Waals surface area (Å²) in [5.41, 5.74) is 0. The Hall–Kier alpha value is -0.525. The van der Waals surface area contributed by atoms with Crippen LogP contribution in [-0.4, -0.2) is 20.1 Å². The van der Waals surface area contributed by atoms with E-state index in [1.54, 1.807) is 0 Å². The Kier molecular flexibility index (Phi) is 7.60. The molecule has 0 atom stereocenters. The lowest BCUT2D eigenvalue weighted by Crippen LogP contribution is -2.59. The van der Waals surface area contributed by atoms with E-state index in [2.05, 4.69) is 23.4 Å². The minimum atomic E-state index is 0.320. The Morgan fingerprint density at radius 3 is 2.29 bits per heavy atom. The summed E-state index contributed by atoms with van der Waals surface area (Å²) in [5, 5.41) is 16.4. The average molecular weight is 289 g/mol. The third-order valence-electron chi connectivity index (χ3n) is 5.39. The van der Waals surface area contributed by atoms with Crippen LogP contribution >= 0.6 is 0 Å². The molecule has 3 nitrogen and oxygen atoms in total.